The van der Waals surface area contributed by atoms with Gasteiger partial charge in [0.25, 0.3) is 5.91 Å². The minimum absolute atomic E-state index is 0.233. The van der Waals surface area contributed by atoms with E-state index in [0.29, 0.717) is 25.8 Å². The number of amides is 5. The van der Waals surface area contributed by atoms with Crippen LogP contribution in [-0.4, -0.2) is 70.9 Å². The molecule has 1 unspecified atom stereocenters. The number of aldehydes is 1. The summed E-state index contributed by atoms with van der Waals surface area (Å²) in [4.78, 5) is 78.5. The number of primary amides is 1. The highest BCUT2D eigenvalue weighted by Crippen LogP contribution is 2.40. The van der Waals surface area contributed by atoms with E-state index < -0.39 is 52.7 Å². The number of urea groups is 1. The summed E-state index contributed by atoms with van der Waals surface area (Å²) in [6.07, 6.45) is 14.3. The van der Waals surface area contributed by atoms with Gasteiger partial charge in [-0.15, -0.1) is 0 Å². The molecule has 11 heteroatoms. The summed E-state index contributed by atoms with van der Waals surface area (Å²) in [5, 5.41) is 8.82. The summed E-state index contributed by atoms with van der Waals surface area (Å²) in [7, 11) is 0. The van der Waals surface area contributed by atoms with Crippen molar-refractivity contribution in [3.8, 4) is 0 Å². The van der Waals surface area contributed by atoms with Gasteiger partial charge in [0, 0.05) is 18.5 Å². The number of nitrogens with one attached hydrogen (secondary N) is 3. The zero-order valence-electron chi connectivity index (χ0n) is 25.1. The normalized spacial score (nSPS) is 24.9. The number of carbonyl (C=O) groups is 6. The largest absolute Gasteiger partial charge is 0.363 e. The first-order valence-electron chi connectivity index (χ1n) is 16.0. The average Bonchev–Trinajstić information content (AvgIpc) is 3.43. The SMILES string of the molecule is CC1([C@H](NC(=O)NC2(CC=O)CCCCC2)C(=O)N2CCC[C@H]2C(=O)NC(CC2CCC2)C(=O)C(N)=O)CCCCC1. The second-order valence-corrected chi connectivity index (χ2v) is 13.5. The van der Waals surface area contributed by atoms with Gasteiger partial charge in [-0.05, 0) is 56.3 Å². The Labute approximate surface area is 248 Å². The molecule has 11 nitrogen and oxygen atoms in total. The zero-order chi connectivity index (χ0) is 30.3. The predicted octanol–water partition coefficient (Wildman–Crippen LogP) is 2.64. The lowest BCUT2D eigenvalue weighted by molar-refractivity contribution is -0.144. The number of Topliss-reactive ketones (excluding diaryl/α,β-unsaturated/α-hetero) is 1. The third-order valence-electron chi connectivity index (χ3n) is 10.4. The molecule has 1 aliphatic heterocycles. The van der Waals surface area contributed by atoms with Gasteiger partial charge in [-0.1, -0.05) is 64.7 Å². The van der Waals surface area contributed by atoms with Crippen molar-refractivity contribution >= 4 is 35.8 Å². The number of hydrogen-bond donors (Lipinski definition) is 4. The van der Waals surface area contributed by atoms with Crippen molar-refractivity contribution in [2.75, 3.05) is 6.54 Å². The predicted molar refractivity (Wildman–Crippen MR) is 156 cm³/mol. The van der Waals surface area contributed by atoms with Crippen molar-refractivity contribution in [2.45, 2.75) is 140 Å². The van der Waals surface area contributed by atoms with Crippen molar-refractivity contribution in [1.82, 2.24) is 20.9 Å². The standard InChI is InChI=1S/C31H49N5O6/c1-30(13-4-2-5-14-30)25(34-29(42)35-31(17-19-37)15-6-3-7-16-31)28(41)36-18-9-12-23(36)27(40)33-22(24(38)26(32)39)20-21-10-8-11-21/h19,21-23,25H,2-18,20H2,1H3,(H2,32,39)(H,33,40)(H2,34,35,42)/t22?,23-,25+/m0/s1. The number of nitrogens with two attached hydrogens (primary N) is 1. The van der Waals surface area contributed by atoms with E-state index in [1.807, 2.05) is 6.92 Å². The summed E-state index contributed by atoms with van der Waals surface area (Å²) in [6.45, 7) is 2.39. The van der Waals surface area contributed by atoms with Gasteiger partial charge in [0.05, 0.1) is 6.04 Å². The highest BCUT2D eigenvalue weighted by atomic mass is 16.2. The first kappa shape index (κ1) is 31.9. The smallest absolute Gasteiger partial charge is 0.315 e. The lowest BCUT2D eigenvalue weighted by Crippen LogP contribution is -2.63. The zero-order valence-corrected chi connectivity index (χ0v) is 25.1. The van der Waals surface area contributed by atoms with Gasteiger partial charge in [0.15, 0.2) is 0 Å². The first-order chi connectivity index (χ1) is 20.1. The van der Waals surface area contributed by atoms with Crippen LogP contribution in [0.5, 0.6) is 0 Å². The molecule has 3 saturated carbocycles. The molecule has 3 atom stereocenters. The Hall–Kier alpha value is -2.98. The molecular weight excluding hydrogens is 538 g/mol. The van der Waals surface area contributed by atoms with Crippen LogP contribution in [0.3, 0.4) is 0 Å². The maximum absolute atomic E-state index is 14.3. The number of likely N-dealkylation sites (tertiary alicyclic amines) is 1. The number of nitrogens with zero attached hydrogens (tertiary/aromatic N) is 1. The van der Waals surface area contributed by atoms with E-state index in [4.69, 9.17) is 5.73 Å². The summed E-state index contributed by atoms with van der Waals surface area (Å²) < 4.78 is 0. The summed E-state index contributed by atoms with van der Waals surface area (Å²) >= 11 is 0. The fourth-order valence-corrected chi connectivity index (χ4v) is 7.56. The Bertz CT molecular complexity index is 1030. The first-order valence-corrected chi connectivity index (χ1v) is 16.0. The molecule has 42 heavy (non-hydrogen) atoms. The molecule has 5 amide bonds. The van der Waals surface area contributed by atoms with Crippen LogP contribution in [0.2, 0.25) is 0 Å². The van der Waals surface area contributed by atoms with E-state index >= 15 is 0 Å². The van der Waals surface area contributed by atoms with Crippen LogP contribution >= 0.6 is 0 Å². The maximum atomic E-state index is 14.3. The molecule has 5 N–H and O–H groups in total. The molecule has 0 radical (unpaired) electrons. The van der Waals surface area contributed by atoms with Crippen molar-refractivity contribution < 1.29 is 28.8 Å². The van der Waals surface area contributed by atoms with Gasteiger partial charge in [0.1, 0.15) is 18.4 Å². The summed E-state index contributed by atoms with van der Waals surface area (Å²) in [5.74, 6) is -2.42. The summed E-state index contributed by atoms with van der Waals surface area (Å²) in [6, 6.07) is -3.11. The monoisotopic (exact) mass is 587 g/mol. The Kier molecular flexibility index (Phi) is 10.6. The van der Waals surface area contributed by atoms with Crippen LogP contribution in [0, 0.1) is 11.3 Å². The highest BCUT2D eigenvalue weighted by molar-refractivity contribution is 6.37. The van der Waals surface area contributed by atoms with Crippen molar-refractivity contribution in [1.29, 1.82) is 0 Å². The van der Waals surface area contributed by atoms with Crippen LogP contribution in [0.4, 0.5) is 4.79 Å². The molecule has 0 aromatic carbocycles. The van der Waals surface area contributed by atoms with Crippen LogP contribution in [-0.2, 0) is 24.0 Å². The quantitative estimate of drug-likeness (QED) is 0.202. The third-order valence-corrected chi connectivity index (χ3v) is 10.4. The Balaban J connectivity index is 1.50. The molecule has 0 aromatic heterocycles. The minimum Gasteiger partial charge on any atom is -0.363 e. The van der Waals surface area contributed by atoms with Gasteiger partial charge in [0.2, 0.25) is 17.6 Å². The average molecular weight is 588 g/mol. The Morgan fingerprint density at radius 3 is 2.10 bits per heavy atom. The van der Waals surface area contributed by atoms with Crippen LogP contribution in [0.25, 0.3) is 0 Å². The van der Waals surface area contributed by atoms with E-state index in [2.05, 4.69) is 16.0 Å². The fourth-order valence-electron chi connectivity index (χ4n) is 7.56. The van der Waals surface area contributed by atoms with E-state index in [1.54, 1.807) is 0 Å². The Morgan fingerprint density at radius 2 is 1.52 bits per heavy atom. The lowest BCUT2D eigenvalue weighted by atomic mass is 9.70. The van der Waals surface area contributed by atoms with Gasteiger partial charge in [-0.25, -0.2) is 4.79 Å². The number of ketones is 1. The molecule has 0 bridgehead atoms. The molecule has 1 heterocycles. The van der Waals surface area contributed by atoms with E-state index in [1.165, 1.54) is 4.90 Å². The maximum Gasteiger partial charge on any atom is 0.315 e. The molecule has 1 saturated heterocycles. The minimum atomic E-state index is -1.08. The molecule has 234 valence electrons. The topological polar surface area (TPSA) is 168 Å². The van der Waals surface area contributed by atoms with Crippen LogP contribution in [0.15, 0.2) is 0 Å². The second kappa shape index (κ2) is 14.0. The Morgan fingerprint density at radius 1 is 0.881 bits per heavy atom. The van der Waals surface area contributed by atoms with Crippen molar-refractivity contribution in [2.24, 2.45) is 17.1 Å². The fraction of sp³-hybridized carbons (Fsp3) is 0.806. The van der Waals surface area contributed by atoms with Gasteiger partial charge >= 0.3 is 6.03 Å². The number of hydrogen-bond acceptors (Lipinski definition) is 6. The number of rotatable bonds is 12. The van der Waals surface area contributed by atoms with Crippen LogP contribution < -0.4 is 21.7 Å². The molecule has 0 spiro atoms. The van der Waals surface area contributed by atoms with Crippen LogP contribution in [0.1, 0.15) is 116 Å². The van der Waals surface area contributed by atoms with E-state index in [0.717, 1.165) is 89.8 Å². The molecule has 4 rings (SSSR count). The van der Waals surface area contributed by atoms with Gasteiger partial charge in [-0.3, -0.25) is 19.2 Å². The highest BCUT2D eigenvalue weighted by Gasteiger charge is 2.47. The third kappa shape index (κ3) is 7.50. The van der Waals surface area contributed by atoms with Gasteiger partial charge < -0.3 is 31.4 Å². The van der Waals surface area contributed by atoms with E-state index in [9.17, 15) is 28.8 Å². The molecule has 4 fully saturated rings. The summed E-state index contributed by atoms with van der Waals surface area (Å²) in [5.41, 5.74) is 4.19. The molecule has 3 aliphatic carbocycles. The number of carbonyl (C=O) groups excluding carboxylic acids is 6. The molecule has 0 aromatic rings. The van der Waals surface area contributed by atoms with E-state index in [-0.39, 0.29) is 18.2 Å². The van der Waals surface area contributed by atoms with Crippen molar-refractivity contribution in [3.63, 3.8) is 0 Å². The van der Waals surface area contributed by atoms with Gasteiger partial charge in [-0.2, -0.15) is 0 Å². The lowest BCUT2D eigenvalue weighted by Gasteiger charge is -2.43. The molecular formula is C31H49N5O6. The van der Waals surface area contributed by atoms with Crippen molar-refractivity contribution in [3.05, 3.63) is 0 Å². The second-order valence-electron chi connectivity index (χ2n) is 13.5. The molecule has 4 aliphatic rings.